The number of hydrogen-bond donors (Lipinski definition) is 1. The number of pyridine rings is 1. The molecule has 0 saturated heterocycles. The van der Waals surface area contributed by atoms with E-state index in [0.29, 0.717) is 29.4 Å². The molecule has 0 spiro atoms. The molecule has 0 aliphatic carbocycles. The molecule has 34 heavy (non-hydrogen) atoms. The molecular formula is C26H22N6O2. The largest absolute Gasteiger partial charge is 0.497 e. The Balaban J connectivity index is 1.41. The van der Waals surface area contributed by atoms with Crippen molar-refractivity contribution in [2.24, 2.45) is 0 Å². The Bertz CT molecular complexity index is 1390. The van der Waals surface area contributed by atoms with Gasteiger partial charge < -0.3 is 10.1 Å². The SMILES string of the molecule is COc1cccc(-c2nn(-c3ccccc3)cc2C(=O)NCc2ccc(-n3cccn3)nc2)c1. The fourth-order valence-electron chi connectivity index (χ4n) is 3.58. The van der Waals surface area contributed by atoms with Crippen molar-refractivity contribution < 1.29 is 9.53 Å². The third kappa shape index (κ3) is 4.42. The highest BCUT2D eigenvalue weighted by Gasteiger charge is 2.19. The summed E-state index contributed by atoms with van der Waals surface area (Å²) < 4.78 is 8.76. The Morgan fingerprint density at radius 2 is 1.88 bits per heavy atom. The van der Waals surface area contributed by atoms with E-state index in [2.05, 4.69) is 15.4 Å². The van der Waals surface area contributed by atoms with Gasteiger partial charge in [-0.3, -0.25) is 4.79 Å². The molecule has 5 rings (SSSR count). The lowest BCUT2D eigenvalue weighted by Gasteiger charge is -2.07. The van der Waals surface area contributed by atoms with Crippen LogP contribution in [0.25, 0.3) is 22.8 Å². The van der Waals surface area contributed by atoms with E-state index in [1.54, 1.807) is 35.1 Å². The van der Waals surface area contributed by atoms with Crippen molar-refractivity contribution in [2.75, 3.05) is 7.11 Å². The van der Waals surface area contributed by atoms with Crippen LogP contribution in [-0.2, 0) is 6.54 Å². The van der Waals surface area contributed by atoms with Crippen LogP contribution in [0.15, 0.2) is 97.6 Å². The van der Waals surface area contributed by atoms with E-state index in [1.807, 2.05) is 79.0 Å². The predicted molar refractivity (Wildman–Crippen MR) is 128 cm³/mol. The number of carbonyl (C=O) groups excluding carboxylic acids is 1. The van der Waals surface area contributed by atoms with E-state index >= 15 is 0 Å². The molecule has 3 heterocycles. The topological polar surface area (TPSA) is 86.9 Å². The summed E-state index contributed by atoms with van der Waals surface area (Å²) in [5.41, 5.74) is 3.59. The maximum absolute atomic E-state index is 13.2. The normalized spacial score (nSPS) is 10.7. The highest BCUT2D eigenvalue weighted by Crippen LogP contribution is 2.27. The molecule has 168 valence electrons. The average Bonchev–Trinajstić information content (AvgIpc) is 3.59. The van der Waals surface area contributed by atoms with Crippen LogP contribution in [-0.4, -0.2) is 37.6 Å². The Hall–Kier alpha value is -4.72. The zero-order chi connectivity index (χ0) is 23.3. The summed E-state index contributed by atoms with van der Waals surface area (Å²) in [7, 11) is 1.61. The summed E-state index contributed by atoms with van der Waals surface area (Å²) in [6.45, 7) is 0.333. The number of ether oxygens (including phenoxy) is 1. The fourth-order valence-corrected chi connectivity index (χ4v) is 3.58. The van der Waals surface area contributed by atoms with Gasteiger partial charge in [-0.2, -0.15) is 10.2 Å². The minimum absolute atomic E-state index is 0.226. The van der Waals surface area contributed by atoms with Gasteiger partial charge in [-0.15, -0.1) is 0 Å². The molecule has 0 fully saturated rings. The summed E-state index contributed by atoms with van der Waals surface area (Å²) in [6, 6.07) is 22.8. The van der Waals surface area contributed by atoms with Gasteiger partial charge in [-0.25, -0.2) is 14.3 Å². The van der Waals surface area contributed by atoms with E-state index in [-0.39, 0.29) is 5.91 Å². The molecule has 5 aromatic rings. The highest BCUT2D eigenvalue weighted by molar-refractivity contribution is 6.00. The molecule has 0 radical (unpaired) electrons. The van der Waals surface area contributed by atoms with Crippen LogP contribution < -0.4 is 10.1 Å². The fraction of sp³-hybridized carbons (Fsp3) is 0.0769. The molecule has 1 N–H and O–H groups in total. The van der Waals surface area contributed by atoms with Crippen LogP contribution >= 0.6 is 0 Å². The Morgan fingerprint density at radius 1 is 1.00 bits per heavy atom. The van der Waals surface area contributed by atoms with Crippen LogP contribution in [0.5, 0.6) is 5.75 Å². The van der Waals surface area contributed by atoms with Crippen molar-refractivity contribution in [1.82, 2.24) is 29.9 Å². The van der Waals surface area contributed by atoms with Crippen molar-refractivity contribution in [3.63, 3.8) is 0 Å². The standard InChI is InChI=1S/C26H22N6O2/c1-34-22-10-5-7-20(15-22)25-23(18-32(30-25)21-8-3-2-4-9-21)26(33)28-17-19-11-12-24(27-16-19)31-14-6-13-29-31/h2-16,18H,17H2,1H3,(H,28,33). The Kier molecular flexibility index (Phi) is 5.85. The van der Waals surface area contributed by atoms with E-state index in [4.69, 9.17) is 9.84 Å². The minimum atomic E-state index is -0.226. The second-order valence-corrected chi connectivity index (χ2v) is 7.56. The molecule has 2 aromatic carbocycles. The first-order valence-electron chi connectivity index (χ1n) is 10.7. The van der Waals surface area contributed by atoms with Gasteiger partial charge >= 0.3 is 0 Å². The lowest BCUT2D eigenvalue weighted by Crippen LogP contribution is -2.23. The van der Waals surface area contributed by atoms with Crippen molar-refractivity contribution in [3.8, 4) is 28.5 Å². The molecule has 8 heteroatoms. The van der Waals surface area contributed by atoms with Crippen LogP contribution in [0.3, 0.4) is 0 Å². The smallest absolute Gasteiger partial charge is 0.255 e. The van der Waals surface area contributed by atoms with Gasteiger partial charge in [0.05, 0.1) is 18.4 Å². The molecule has 0 saturated carbocycles. The maximum Gasteiger partial charge on any atom is 0.255 e. The van der Waals surface area contributed by atoms with E-state index < -0.39 is 0 Å². The van der Waals surface area contributed by atoms with Gasteiger partial charge in [0.1, 0.15) is 11.4 Å². The first-order chi connectivity index (χ1) is 16.7. The van der Waals surface area contributed by atoms with Crippen molar-refractivity contribution in [3.05, 3.63) is 109 Å². The van der Waals surface area contributed by atoms with Crippen molar-refractivity contribution in [2.45, 2.75) is 6.54 Å². The van der Waals surface area contributed by atoms with Crippen molar-refractivity contribution >= 4 is 5.91 Å². The van der Waals surface area contributed by atoms with E-state index in [0.717, 1.165) is 16.8 Å². The van der Waals surface area contributed by atoms with Gasteiger partial charge in [0.25, 0.3) is 5.91 Å². The molecule has 8 nitrogen and oxygen atoms in total. The zero-order valence-corrected chi connectivity index (χ0v) is 18.5. The monoisotopic (exact) mass is 450 g/mol. The first kappa shape index (κ1) is 21.1. The molecule has 0 aliphatic heterocycles. The van der Waals surface area contributed by atoms with Gasteiger partial charge in [0.15, 0.2) is 5.82 Å². The molecule has 0 aliphatic rings. The van der Waals surface area contributed by atoms with E-state index in [1.165, 1.54) is 0 Å². The molecule has 3 aromatic heterocycles. The molecule has 1 amide bonds. The zero-order valence-electron chi connectivity index (χ0n) is 18.5. The number of aromatic nitrogens is 5. The lowest BCUT2D eigenvalue weighted by molar-refractivity contribution is 0.0951. The maximum atomic E-state index is 13.2. The van der Waals surface area contributed by atoms with Gasteiger partial charge in [-0.1, -0.05) is 36.4 Å². The molecular weight excluding hydrogens is 428 g/mol. The number of hydrogen-bond acceptors (Lipinski definition) is 5. The summed E-state index contributed by atoms with van der Waals surface area (Å²) in [4.78, 5) is 17.7. The second kappa shape index (κ2) is 9.41. The lowest BCUT2D eigenvalue weighted by atomic mass is 10.1. The number of nitrogens with zero attached hydrogens (tertiary/aromatic N) is 5. The summed E-state index contributed by atoms with van der Waals surface area (Å²) in [5, 5.41) is 11.9. The quantitative estimate of drug-likeness (QED) is 0.404. The molecule has 0 atom stereocenters. The average molecular weight is 451 g/mol. The summed E-state index contributed by atoms with van der Waals surface area (Å²) in [5.74, 6) is 1.18. The minimum Gasteiger partial charge on any atom is -0.497 e. The van der Waals surface area contributed by atoms with Crippen LogP contribution in [0.2, 0.25) is 0 Å². The third-order valence-corrected chi connectivity index (χ3v) is 5.32. The Labute approximate surface area is 196 Å². The number of para-hydroxylation sites is 1. The number of methoxy groups -OCH3 is 1. The van der Waals surface area contributed by atoms with E-state index in [9.17, 15) is 4.79 Å². The van der Waals surface area contributed by atoms with Crippen LogP contribution in [0.4, 0.5) is 0 Å². The first-order valence-corrected chi connectivity index (χ1v) is 10.7. The molecule has 0 bridgehead atoms. The van der Waals surface area contributed by atoms with Gasteiger partial charge in [0, 0.05) is 36.9 Å². The highest BCUT2D eigenvalue weighted by atomic mass is 16.5. The predicted octanol–water partition coefficient (Wildman–Crippen LogP) is 4.06. The third-order valence-electron chi connectivity index (χ3n) is 5.32. The number of rotatable bonds is 7. The van der Waals surface area contributed by atoms with Crippen LogP contribution in [0, 0.1) is 0 Å². The number of carbonyl (C=O) groups is 1. The summed E-state index contributed by atoms with van der Waals surface area (Å²) >= 11 is 0. The number of nitrogens with one attached hydrogen (secondary N) is 1. The van der Waals surface area contributed by atoms with Crippen LogP contribution in [0.1, 0.15) is 15.9 Å². The molecule has 0 unspecified atom stereocenters. The summed E-state index contributed by atoms with van der Waals surface area (Å²) in [6.07, 6.45) is 7.01. The second-order valence-electron chi connectivity index (χ2n) is 7.56. The van der Waals surface area contributed by atoms with Gasteiger partial charge in [-0.05, 0) is 42.0 Å². The van der Waals surface area contributed by atoms with Gasteiger partial charge in [0.2, 0.25) is 0 Å². The van der Waals surface area contributed by atoms with Crippen molar-refractivity contribution in [1.29, 1.82) is 0 Å². The number of amides is 1. The Morgan fingerprint density at radius 3 is 2.62 bits per heavy atom. The number of benzene rings is 2.